The maximum Gasteiger partial charge on any atom is 0.341 e. The summed E-state index contributed by atoms with van der Waals surface area (Å²) >= 11 is 6.54. The van der Waals surface area contributed by atoms with Crippen LogP contribution in [0, 0.1) is 0 Å². The van der Waals surface area contributed by atoms with Crippen LogP contribution in [0.25, 0.3) is 6.08 Å². The van der Waals surface area contributed by atoms with E-state index in [1.54, 1.807) is 61.7 Å². The number of benzene rings is 2. The number of nitrogens with zero attached hydrogens (tertiary/aromatic N) is 1. The van der Waals surface area contributed by atoms with Gasteiger partial charge in [0, 0.05) is 11.6 Å². The normalized spacial score (nSPS) is 15.3. The molecule has 2 aromatic carbocycles. The molecule has 1 saturated heterocycles. The molecule has 0 unspecified atom stereocenters. The number of methoxy groups -OCH3 is 1. The second-order valence-electron chi connectivity index (χ2n) is 5.44. The van der Waals surface area contributed by atoms with Gasteiger partial charge in [0.25, 0.3) is 5.91 Å². The Balaban J connectivity index is 1.90. The minimum atomic E-state index is -1.07. The van der Waals surface area contributed by atoms with E-state index in [0.717, 1.165) is 0 Å². The van der Waals surface area contributed by atoms with Crippen molar-refractivity contribution >= 4 is 51.9 Å². The summed E-state index contributed by atoms with van der Waals surface area (Å²) in [6.45, 7) is -0.463. The number of hydrogen-bond acceptors (Lipinski definition) is 6. The third kappa shape index (κ3) is 4.29. The van der Waals surface area contributed by atoms with Gasteiger partial charge in [0.1, 0.15) is 11.5 Å². The summed E-state index contributed by atoms with van der Waals surface area (Å²) in [6.07, 6.45) is 1.65. The number of thioether (sulfide) groups is 1. The molecule has 8 heteroatoms. The van der Waals surface area contributed by atoms with Crippen LogP contribution >= 0.6 is 24.0 Å². The van der Waals surface area contributed by atoms with Gasteiger partial charge >= 0.3 is 5.97 Å². The first-order chi connectivity index (χ1) is 13.0. The van der Waals surface area contributed by atoms with Crippen LogP contribution in [0.3, 0.4) is 0 Å². The molecule has 0 saturated carbocycles. The number of para-hydroxylation sites is 1. The maximum absolute atomic E-state index is 12.9. The Kier molecular flexibility index (Phi) is 5.78. The summed E-state index contributed by atoms with van der Waals surface area (Å²) in [6, 6.07) is 14.0. The molecule has 0 spiro atoms. The van der Waals surface area contributed by atoms with Gasteiger partial charge < -0.3 is 14.6 Å². The lowest BCUT2D eigenvalue weighted by atomic mass is 10.2. The summed E-state index contributed by atoms with van der Waals surface area (Å²) < 4.78 is 10.9. The topological polar surface area (TPSA) is 76.1 Å². The quantitative estimate of drug-likeness (QED) is 0.586. The van der Waals surface area contributed by atoms with E-state index in [1.165, 1.54) is 16.7 Å². The van der Waals surface area contributed by atoms with Crippen molar-refractivity contribution in [2.24, 2.45) is 0 Å². The number of carboxylic acid groups (broad SMARTS) is 1. The fourth-order valence-electron chi connectivity index (χ4n) is 2.45. The van der Waals surface area contributed by atoms with Gasteiger partial charge in [-0.15, -0.1) is 0 Å². The fraction of sp³-hybridized carbons (Fsp3) is 0.105. The lowest BCUT2D eigenvalue weighted by Gasteiger charge is -2.15. The van der Waals surface area contributed by atoms with Crippen LogP contribution in [0.1, 0.15) is 5.56 Å². The lowest BCUT2D eigenvalue weighted by Crippen LogP contribution is -2.27. The zero-order valence-electron chi connectivity index (χ0n) is 14.2. The molecule has 1 heterocycles. The van der Waals surface area contributed by atoms with Gasteiger partial charge in [-0.05, 0) is 24.3 Å². The summed E-state index contributed by atoms with van der Waals surface area (Å²) in [4.78, 5) is 25.5. The number of carboxylic acids is 1. The number of rotatable bonds is 6. The Bertz CT molecular complexity index is 941. The monoisotopic (exact) mass is 401 g/mol. The highest BCUT2D eigenvalue weighted by Crippen LogP contribution is 2.37. The van der Waals surface area contributed by atoms with E-state index in [2.05, 4.69) is 0 Å². The molecule has 1 aliphatic heterocycles. The van der Waals surface area contributed by atoms with Crippen molar-refractivity contribution in [2.75, 3.05) is 18.6 Å². The van der Waals surface area contributed by atoms with Gasteiger partial charge in [-0.3, -0.25) is 9.69 Å². The second-order valence-corrected chi connectivity index (χ2v) is 7.11. The fourth-order valence-corrected chi connectivity index (χ4v) is 3.74. The molecule has 1 fully saturated rings. The molecule has 2 aromatic rings. The van der Waals surface area contributed by atoms with Crippen LogP contribution in [-0.2, 0) is 9.59 Å². The van der Waals surface area contributed by atoms with Crippen LogP contribution in [0.15, 0.2) is 53.4 Å². The van der Waals surface area contributed by atoms with Crippen LogP contribution < -0.4 is 14.4 Å². The second kappa shape index (κ2) is 8.24. The minimum absolute atomic E-state index is 0.258. The highest BCUT2D eigenvalue weighted by Gasteiger charge is 2.33. The molecule has 0 aliphatic carbocycles. The van der Waals surface area contributed by atoms with Crippen molar-refractivity contribution in [2.45, 2.75) is 0 Å². The van der Waals surface area contributed by atoms with E-state index < -0.39 is 12.6 Å². The number of aliphatic carboxylic acids is 1. The zero-order chi connectivity index (χ0) is 19.4. The first kappa shape index (κ1) is 18.9. The molecule has 0 bridgehead atoms. The highest BCUT2D eigenvalue weighted by molar-refractivity contribution is 8.27. The predicted molar refractivity (Wildman–Crippen MR) is 108 cm³/mol. The number of hydrogen-bond donors (Lipinski definition) is 1. The van der Waals surface area contributed by atoms with Crippen molar-refractivity contribution in [1.82, 2.24) is 0 Å². The number of thiocarbonyl (C=S) groups is 1. The molecule has 3 rings (SSSR count). The number of ether oxygens (including phenoxy) is 2. The van der Waals surface area contributed by atoms with Crippen LogP contribution in [0.5, 0.6) is 11.5 Å². The van der Waals surface area contributed by atoms with Crippen molar-refractivity contribution in [3.05, 3.63) is 59.0 Å². The van der Waals surface area contributed by atoms with E-state index in [0.29, 0.717) is 32.0 Å². The Morgan fingerprint density at radius 3 is 2.78 bits per heavy atom. The number of carbonyl (C=O) groups is 2. The Labute approximate surface area is 165 Å². The lowest BCUT2D eigenvalue weighted by molar-refractivity contribution is -0.139. The van der Waals surface area contributed by atoms with E-state index in [4.69, 9.17) is 26.8 Å². The first-order valence-corrected chi connectivity index (χ1v) is 9.07. The largest absolute Gasteiger partial charge is 0.497 e. The van der Waals surface area contributed by atoms with Gasteiger partial charge in [-0.25, -0.2) is 4.79 Å². The molecule has 1 amide bonds. The third-order valence-electron chi connectivity index (χ3n) is 3.66. The maximum atomic E-state index is 12.9. The van der Waals surface area contributed by atoms with Crippen molar-refractivity contribution < 1.29 is 24.2 Å². The van der Waals surface area contributed by atoms with Gasteiger partial charge in [0.2, 0.25) is 0 Å². The van der Waals surface area contributed by atoms with E-state index >= 15 is 0 Å². The van der Waals surface area contributed by atoms with Gasteiger partial charge in [0.05, 0.1) is 17.7 Å². The average Bonchev–Trinajstić information content (AvgIpc) is 2.94. The molecule has 6 nitrogen and oxygen atoms in total. The van der Waals surface area contributed by atoms with Gasteiger partial charge in [-0.1, -0.05) is 48.2 Å². The highest BCUT2D eigenvalue weighted by atomic mass is 32.2. The predicted octanol–water partition coefficient (Wildman–Crippen LogP) is 3.56. The Morgan fingerprint density at radius 1 is 1.26 bits per heavy atom. The Hall–Kier alpha value is -2.84. The molecule has 138 valence electrons. The molecule has 0 atom stereocenters. The number of amides is 1. The molecule has 0 aromatic heterocycles. The molecular formula is C19H15NO5S2. The summed E-state index contributed by atoms with van der Waals surface area (Å²) in [5, 5.41) is 8.80. The Morgan fingerprint density at radius 2 is 2.04 bits per heavy atom. The number of carbonyl (C=O) groups excluding carboxylic acids is 1. The SMILES string of the molecule is COc1cccc(N2C(=O)/C(=C\c3ccccc3OCC(=O)O)SC2=S)c1. The number of anilines is 1. The van der Waals surface area contributed by atoms with Crippen molar-refractivity contribution in [3.63, 3.8) is 0 Å². The molecule has 27 heavy (non-hydrogen) atoms. The molecule has 1 N–H and O–H groups in total. The summed E-state index contributed by atoms with van der Waals surface area (Å²) in [5.74, 6) is -0.329. The summed E-state index contributed by atoms with van der Waals surface area (Å²) in [5.41, 5.74) is 1.22. The standard InChI is InChI=1S/C19H15NO5S2/c1-24-14-7-4-6-13(10-14)20-18(23)16(27-19(20)26)9-12-5-2-3-8-15(12)25-11-17(21)22/h2-10H,11H2,1H3,(H,21,22)/b16-9+. The van der Waals surface area contributed by atoms with E-state index in [1.807, 2.05) is 0 Å². The van der Waals surface area contributed by atoms with Crippen LogP contribution in [-0.4, -0.2) is 35.0 Å². The van der Waals surface area contributed by atoms with Crippen molar-refractivity contribution in [1.29, 1.82) is 0 Å². The van der Waals surface area contributed by atoms with Gasteiger partial charge in [0.15, 0.2) is 10.9 Å². The molecule has 0 radical (unpaired) electrons. The first-order valence-electron chi connectivity index (χ1n) is 7.85. The molecule has 1 aliphatic rings. The van der Waals surface area contributed by atoms with Gasteiger partial charge in [-0.2, -0.15) is 0 Å². The minimum Gasteiger partial charge on any atom is -0.497 e. The van der Waals surface area contributed by atoms with Crippen LogP contribution in [0.2, 0.25) is 0 Å². The zero-order valence-corrected chi connectivity index (χ0v) is 15.9. The average molecular weight is 401 g/mol. The van der Waals surface area contributed by atoms with E-state index in [9.17, 15) is 9.59 Å². The smallest absolute Gasteiger partial charge is 0.341 e. The third-order valence-corrected chi connectivity index (χ3v) is 4.96. The van der Waals surface area contributed by atoms with Crippen molar-refractivity contribution in [3.8, 4) is 11.5 Å². The van der Waals surface area contributed by atoms with Crippen LogP contribution in [0.4, 0.5) is 5.69 Å². The summed E-state index contributed by atoms with van der Waals surface area (Å²) in [7, 11) is 1.55. The molecular weight excluding hydrogens is 386 g/mol. The van der Waals surface area contributed by atoms with E-state index in [-0.39, 0.29) is 5.91 Å².